The Labute approximate surface area is 164 Å². The van der Waals surface area contributed by atoms with Crippen molar-refractivity contribution in [2.75, 3.05) is 6.54 Å². The monoisotopic (exact) mass is 381 g/mol. The lowest BCUT2D eigenvalue weighted by Gasteiger charge is -2.25. The van der Waals surface area contributed by atoms with E-state index in [0.29, 0.717) is 17.7 Å². The first-order valence-electron chi connectivity index (χ1n) is 9.64. The molecule has 0 spiro atoms. The number of halogens is 1. The molecule has 4 nitrogen and oxygen atoms in total. The third kappa shape index (κ3) is 3.98. The zero-order valence-electron chi connectivity index (χ0n) is 15.9. The van der Waals surface area contributed by atoms with Gasteiger partial charge in [0, 0.05) is 12.1 Å². The second kappa shape index (κ2) is 8.83. The van der Waals surface area contributed by atoms with E-state index in [1.165, 1.54) is 17.0 Å². The maximum absolute atomic E-state index is 13.4. The maximum atomic E-state index is 13.4. The van der Waals surface area contributed by atoms with Crippen LogP contribution in [0.3, 0.4) is 0 Å². The molecule has 1 amide bonds. The SMILES string of the molecule is CCCCCCN1C(=O)C(=O)C(=C(O)c2ccccc2)[C@H]1c1ccc(F)cc1. The average molecular weight is 381 g/mol. The first-order chi connectivity index (χ1) is 13.5. The fourth-order valence-electron chi connectivity index (χ4n) is 3.56. The highest BCUT2D eigenvalue weighted by atomic mass is 19.1. The molecular formula is C23H24FNO3. The minimum absolute atomic E-state index is 0.0540. The molecular weight excluding hydrogens is 357 g/mol. The Morgan fingerprint density at radius 1 is 1.00 bits per heavy atom. The molecule has 0 unspecified atom stereocenters. The fraction of sp³-hybridized carbons (Fsp3) is 0.304. The number of aliphatic hydroxyl groups is 1. The topological polar surface area (TPSA) is 57.6 Å². The number of likely N-dealkylation sites (tertiary alicyclic amines) is 1. The summed E-state index contributed by atoms with van der Waals surface area (Å²) in [6.45, 7) is 2.52. The first-order valence-corrected chi connectivity index (χ1v) is 9.64. The molecule has 0 aromatic heterocycles. The normalized spacial score (nSPS) is 18.6. The van der Waals surface area contributed by atoms with Crippen LogP contribution >= 0.6 is 0 Å². The molecule has 2 aromatic carbocycles. The maximum Gasteiger partial charge on any atom is 0.295 e. The van der Waals surface area contributed by atoms with Crippen molar-refractivity contribution in [1.29, 1.82) is 0 Å². The number of nitrogens with zero attached hydrogens (tertiary/aromatic N) is 1. The predicted octanol–water partition coefficient (Wildman–Crippen LogP) is 4.83. The molecule has 2 aromatic rings. The third-order valence-corrected chi connectivity index (χ3v) is 5.03. The summed E-state index contributed by atoms with van der Waals surface area (Å²) in [5.41, 5.74) is 1.13. The van der Waals surface area contributed by atoms with Crippen LogP contribution in [0, 0.1) is 5.82 Å². The summed E-state index contributed by atoms with van der Waals surface area (Å²) < 4.78 is 13.4. The lowest BCUT2D eigenvalue weighted by atomic mass is 9.95. The molecule has 0 bridgehead atoms. The van der Waals surface area contributed by atoms with E-state index in [1.54, 1.807) is 42.5 Å². The van der Waals surface area contributed by atoms with Gasteiger partial charge in [-0.2, -0.15) is 0 Å². The van der Waals surface area contributed by atoms with E-state index in [0.717, 1.165) is 25.7 Å². The molecule has 1 aliphatic heterocycles. The van der Waals surface area contributed by atoms with Gasteiger partial charge in [0.05, 0.1) is 11.6 Å². The van der Waals surface area contributed by atoms with Gasteiger partial charge in [0.2, 0.25) is 0 Å². The number of carbonyl (C=O) groups is 2. The van der Waals surface area contributed by atoms with Gasteiger partial charge in [-0.15, -0.1) is 0 Å². The zero-order valence-corrected chi connectivity index (χ0v) is 15.9. The number of Topliss-reactive ketones (excluding diaryl/α,β-unsaturated/α-hetero) is 1. The van der Waals surface area contributed by atoms with Crippen LogP contribution in [-0.4, -0.2) is 28.2 Å². The van der Waals surface area contributed by atoms with Gasteiger partial charge in [-0.25, -0.2) is 4.39 Å². The number of rotatable bonds is 7. The summed E-state index contributed by atoms with van der Waals surface area (Å²) in [7, 11) is 0. The van der Waals surface area contributed by atoms with Crippen LogP contribution in [0.2, 0.25) is 0 Å². The lowest BCUT2D eigenvalue weighted by Crippen LogP contribution is -2.30. The number of hydrogen-bond acceptors (Lipinski definition) is 3. The van der Waals surface area contributed by atoms with Crippen molar-refractivity contribution in [1.82, 2.24) is 4.90 Å². The third-order valence-electron chi connectivity index (χ3n) is 5.03. The summed E-state index contributed by atoms with van der Waals surface area (Å²) in [4.78, 5) is 27.0. The van der Waals surface area contributed by atoms with E-state index in [1.807, 2.05) is 0 Å². The Bertz CT molecular complexity index is 874. The quantitative estimate of drug-likeness (QED) is 0.323. The highest BCUT2D eigenvalue weighted by Gasteiger charge is 2.45. The smallest absolute Gasteiger partial charge is 0.295 e. The van der Waals surface area contributed by atoms with Gasteiger partial charge in [-0.3, -0.25) is 9.59 Å². The van der Waals surface area contributed by atoms with Crippen molar-refractivity contribution in [3.05, 3.63) is 77.1 Å². The number of carbonyl (C=O) groups excluding carboxylic acids is 2. The van der Waals surface area contributed by atoms with Crippen LogP contribution in [0.4, 0.5) is 4.39 Å². The first kappa shape index (κ1) is 19.8. The summed E-state index contributed by atoms with van der Waals surface area (Å²) >= 11 is 0. The highest BCUT2D eigenvalue weighted by Crippen LogP contribution is 2.39. The molecule has 146 valence electrons. The van der Waals surface area contributed by atoms with Crippen LogP contribution in [0.1, 0.15) is 49.8 Å². The molecule has 1 fully saturated rings. The van der Waals surface area contributed by atoms with Crippen LogP contribution in [0.15, 0.2) is 60.2 Å². The van der Waals surface area contributed by atoms with Crippen molar-refractivity contribution < 1.29 is 19.1 Å². The Balaban J connectivity index is 2.04. The predicted molar refractivity (Wildman–Crippen MR) is 106 cm³/mol. The van der Waals surface area contributed by atoms with E-state index >= 15 is 0 Å². The minimum Gasteiger partial charge on any atom is -0.507 e. The number of aliphatic hydroxyl groups excluding tert-OH is 1. The van der Waals surface area contributed by atoms with E-state index in [9.17, 15) is 19.1 Å². The van der Waals surface area contributed by atoms with Crippen molar-refractivity contribution in [2.45, 2.75) is 38.6 Å². The van der Waals surface area contributed by atoms with Gasteiger partial charge >= 0.3 is 0 Å². The van der Waals surface area contributed by atoms with Crippen LogP contribution in [0.5, 0.6) is 0 Å². The van der Waals surface area contributed by atoms with Gasteiger partial charge in [0.15, 0.2) is 0 Å². The van der Waals surface area contributed by atoms with Crippen LogP contribution in [-0.2, 0) is 9.59 Å². The zero-order chi connectivity index (χ0) is 20.1. The molecule has 28 heavy (non-hydrogen) atoms. The van der Waals surface area contributed by atoms with Crippen molar-refractivity contribution >= 4 is 17.4 Å². The molecule has 0 saturated carbocycles. The molecule has 0 radical (unpaired) electrons. The Morgan fingerprint density at radius 2 is 1.68 bits per heavy atom. The number of unbranched alkanes of at least 4 members (excludes halogenated alkanes) is 3. The Hall–Kier alpha value is -2.95. The molecule has 5 heteroatoms. The van der Waals surface area contributed by atoms with Crippen LogP contribution < -0.4 is 0 Å². The molecule has 1 saturated heterocycles. The van der Waals surface area contributed by atoms with Gasteiger partial charge in [-0.05, 0) is 24.1 Å². The summed E-state index contributed by atoms with van der Waals surface area (Å²) in [6, 6.07) is 13.7. The van der Waals surface area contributed by atoms with E-state index < -0.39 is 23.5 Å². The van der Waals surface area contributed by atoms with E-state index in [4.69, 9.17) is 0 Å². The van der Waals surface area contributed by atoms with Gasteiger partial charge in [0.1, 0.15) is 11.6 Å². The standard InChI is InChI=1S/C23H24FNO3/c1-2-3-4-8-15-25-20(16-11-13-18(24)14-12-16)19(22(27)23(25)28)21(26)17-9-6-5-7-10-17/h5-7,9-14,20,26H,2-4,8,15H2,1H3/t20-/m1/s1. The summed E-state index contributed by atoms with van der Waals surface area (Å²) in [5.74, 6) is -1.93. The van der Waals surface area contributed by atoms with Crippen molar-refractivity contribution in [3.8, 4) is 0 Å². The lowest BCUT2D eigenvalue weighted by molar-refractivity contribution is -0.139. The number of benzene rings is 2. The van der Waals surface area contributed by atoms with Crippen LogP contribution in [0.25, 0.3) is 5.76 Å². The second-order valence-corrected chi connectivity index (χ2v) is 6.97. The molecule has 1 atom stereocenters. The molecule has 1 N–H and O–H groups in total. The van der Waals surface area contributed by atoms with Crippen molar-refractivity contribution in [2.24, 2.45) is 0 Å². The molecule has 1 heterocycles. The minimum atomic E-state index is -0.720. The van der Waals surface area contributed by atoms with E-state index in [2.05, 4.69) is 6.92 Å². The molecule has 1 aliphatic rings. The summed E-state index contributed by atoms with van der Waals surface area (Å²) in [5, 5.41) is 10.8. The number of ketones is 1. The van der Waals surface area contributed by atoms with Gasteiger partial charge < -0.3 is 10.0 Å². The molecule has 3 rings (SSSR count). The summed E-state index contributed by atoms with van der Waals surface area (Å²) in [6.07, 6.45) is 3.83. The Morgan fingerprint density at radius 3 is 2.32 bits per heavy atom. The molecule has 0 aliphatic carbocycles. The van der Waals surface area contributed by atoms with E-state index in [-0.39, 0.29) is 11.3 Å². The van der Waals surface area contributed by atoms with Gasteiger partial charge in [-0.1, -0.05) is 68.7 Å². The highest BCUT2D eigenvalue weighted by molar-refractivity contribution is 6.46. The Kier molecular flexibility index (Phi) is 6.24. The van der Waals surface area contributed by atoms with Crippen molar-refractivity contribution in [3.63, 3.8) is 0 Å². The van der Waals surface area contributed by atoms with Gasteiger partial charge in [0.25, 0.3) is 11.7 Å². The fourth-order valence-corrected chi connectivity index (χ4v) is 3.56. The largest absolute Gasteiger partial charge is 0.507 e. The average Bonchev–Trinajstić information content (AvgIpc) is 2.97. The second-order valence-electron chi connectivity index (χ2n) is 6.97. The number of amides is 1. The number of hydrogen-bond donors (Lipinski definition) is 1.